The zero-order chi connectivity index (χ0) is 9.83. The smallest absolute Gasteiger partial charge is 0.125 e. The second-order valence-corrected chi connectivity index (χ2v) is 22.9. The Hall–Kier alpha value is 1.45. The van der Waals surface area contributed by atoms with Gasteiger partial charge in [0.25, 0.3) is 0 Å². The van der Waals surface area contributed by atoms with Gasteiger partial charge in [-0.1, -0.05) is 64.8 Å². The van der Waals surface area contributed by atoms with Gasteiger partial charge < -0.3 is 0 Å². The Bertz CT molecular complexity index is 199. The zero-order valence-corrected chi connectivity index (χ0v) is 14.5. The van der Waals surface area contributed by atoms with Crippen LogP contribution in [0.4, 0.5) is 0 Å². The molecule has 0 saturated carbocycles. The lowest BCUT2D eigenvalue weighted by molar-refractivity contribution is 1.75. The standard InChI is InChI=1S/C8H16I2Si2/c1-5-6-11(2,3)12(4,7-9)8-10/h7-8H2,1-4H3. The molecule has 0 aliphatic heterocycles. The third-order valence-corrected chi connectivity index (χ3v) is 32.5. The quantitative estimate of drug-likeness (QED) is 0.283. The Morgan fingerprint density at radius 1 is 1.08 bits per heavy atom. The van der Waals surface area contributed by atoms with Gasteiger partial charge >= 0.3 is 0 Å². The van der Waals surface area contributed by atoms with E-state index >= 15 is 0 Å². The number of alkyl halides is 2. The monoisotopic (exact) mass is 422 g/mol. The summed E-state index contributed by atoms with van der Waals surface area (Å²) in [4.78, 5) is 0. The summed E-state index contributed by atoms with van der Waals surface area (Å²) >= 11 is 5.11. The molecule has 0 bridgehead atoms. The molecule has 70 valence electrons. The summed E-state index contributed by atoms with van der Waals surface area (Å²) in [5, 5.41) is 0. The van der Waals surface area contributed by atoms with Crippen LogP contribution in [0.2, 0.25) is 19.6 Å². The normalized spacial score (nSPS) is 12.2. The van der Waals surface area contributed by atoms with Crippen LogP contribution in [0.15, 0.2) is 0 Å². The van der Waals surface area contributed by atoms with Crippen molar-refractivity contribution in [3.8, 4) is 11.5 Å². The lowest BCUT2D eigenvalue weighted by Gasteiger charge is -2.34. The van der Waals surface area contributed by atoms with Gasteiger partial charge in [0.1, 0.15) is 7.59 Å². The minimum Gasteiger partial charge on any atom is -0.135 e. The molecule has 4 heteroatoms. The molecule has 0 aromatic heterocycles. The van der Waals surface area contributed by atoms with Crippen molar-refractivity contribution < 1.29 is 0 Å². The molecule has 0 radical (unpaired) electrons. The minimum absolute atomic E-state index is 1.01. The van der Waals surface area contributed by atoms with E-state index < -0.39 is 15.2 Å². The van der Waals surface area contributed by atoms with Crippen LogP contribution in [-0.4, -0.2) is 23.3 Å². The first-order valence-electron chi connectivity index (χ1n) is 3.99. The number of hydrogen-bond acceptors (Lipinski definition) is 0. The highest BCUT2D eigenvalue weighted by atomic mass is 127. The molecule has 0 fully saturated rings. The molecule has 0 heterocycles. The van der Waals surface area contributed by atoms with Crippen molar-refractivity contribution in [3.63, 3.8) is 0 Å². The van der Waals surface area contributed by atoms with Crippen molar-refractivity contribution in [1.29, 1.82) is 0 Å². The van der Waals surface area contributed by atoms with Crippen LogP contribution in [0.5, 0.6) is 0 Å². The summed E-state index contributed by atoms with van der Waals surface area (Å²) in [6, 6.07) is 0. The largest absolute Gasteiger partial charge is 0.135 e. The SMILES string of the molecule is CC#C[Si](C)(C)[Si](C)(CI)CI. The predicted molar refractivity (Wildman–Crippen MR) is 80.3 cm³/mol. The third kappa shape index (κ3) is 2.99. The van der Waals surface area contributed by atoms with Crippen molar-refractivity contribution in [2.24, 2.45) is 0 Å². The van der Waals surface area contributed by atoms with Crippen LogP contribution >= 0.6 is 45.2 Å². The fourth-order valence-corrected chi connectivity index (χ4v) is 27.7. The van der Waals surface area contributed by atoms with E-state index in [4.69, 9.17) is 0 Å². The van der Waals surface area contributed by atoms with Gasteiger partial charge in [0.15, 0.2) is 0 Å². The first-order chi connectivity index (χ1) is 5.43. The van der Waals surface area contributed by atoms with Crippen molar-refractivity contribution in [2.75, 3.05) is 8.10 Å². The average Bonchev–Trinajstić information content (AvgIpc) is 2.02. The molecular weight excluding hydrogens is 406 g/mol. The molecule has 0 unspecified atom stereocenters. The molecule has 0 aromatic carbocycles. The van der Waals surface area contributed by atoms with Gasteiger partial charge in [0.2, 0.25) is 0 Å². The molecule has 0 spiro atoms. The zero-order valence-electron chi connectivity index (χ0n) is 8.17. The van der Waals surface area contributed by atoms with Gasteiger partial charge in [-0.05, 0) is 15.0 Å². The van der Waals surface area contributed by atoms with E-state index in [-0.39, 0.29) is 0 Å². The fourth-order valence-electron chi connectivity index (χ4n) is 0.833. The van der Waals surface area contributed by atoms with Crippen molar-refractivity contribution in [2.45, 2.75) is 26.6 Å². The first kappa shape index (κ1) is 13.5. The van der Waals surface area contributed by atoms with Gasteiger partial charge in [0, 0.05) is 0 Å². The van der Waals surface area contributed by atoms with E-state index in [1.165, 1.54) is 8.10 Å². The first-order valence-corrected chi connectivity index (χ1v) is 14.0. The Morgan fingerprint density at radius 2 is 1.50 bits per heavy atom. The predicted octanol–water partition coefficient (Wildman–Crippen LogP) is 3.36. The van der Waals surface area contributed by atoms with Crippen LogP contribution in [0.1, 0.15) is 6.92 Å². The van der Waals surface area contributed by atoms with Crippen LogP contribution in [0, 0.1) is 11.5 Å². The molecule has 0 N–H and O–H groups in total. The second-order valence-electron chi connectivity index (χ2n) is 3.83. The van der Waals surface area contributed by atoms with Crippen LogP contribution < -0.4 is 0 Å². The minimum atomic E-state index is -1.19. The summed E-state index contributed by atoms with van der Waals surface area (Å²) in [6.07, 6.45) is 0. The summed E-state index contributed by atoms with van der Waals surface area (Å²) < 4.78 is 2.73. The van der Waals surface area contributed by atoms with Gasteiger partial charge in [-0.15, -0.1) is 11.5 Å². The van der Waals surface area contributed by atoms with E-state index in [0.29, 0.717) is 0 Å². The van der Waals surface area contributed by atoms with Gasteiger partial charge in [-0.2, -0.15) is 0 Å². The highest BCUT2D eigenvalue weighted by Crippen LogP contribution is 2.22. The summed E-state index contributed by atoms with van der Waals surface area (Å²) in [6.45, 7) is 9.37. The molecule has 0 aliphatic carbocycles. The summed E-state index contributed by atoms with van der Waals surface area (Å²) in [7, 11) is -2.20. The number of halogens is 2. The summed E-state index contributed by atoms with van der Waals surface area (Å²) in [5.74, 6) is 3.12. The molecule has 12 heavy (non-hydrogen) atoms. The maximum atomic E-state index is 3.51. The molecule has 0 aromatic rings. The number of hydrogen-bond donors (Lipinski definition) is 0. The molecule has 0 nitrogen and oxygen atoms in total. The number of rotatable bonds is 3. The van der Waals surface area contributed by atoms with Gasteiger partial charge in [0.05, 0.1) is 7.59 Å². The topological polar surface area (TPSA) is 0 Å². The van der Waals surface area contributed by atoms with E-state index in [0.717, 1.165) is 0 Å². The molecular formula is C8H16I2Si2. The highest BCUT2D eigenvalue weighted by Gasteiger charge is 2.42. The Morgan fingerprint density at radius 3 is 1.75 bits per heavy atom. The molecule has 0 atom stereocenters. The van der Waals surface area contributed by atoms with Gasteiger partial charge in [-0.3, -0.25) is 0 Å². The lowest BCUT2D eigenvalue weighted by atomic mass is 10.8. The Labute approximate surface area is 105 Å². The average molecular weight is 422 g/mol. The van der Waals surface area contributed by atoms with E-state index in [1.54, 1.807) is 0 Å². The molecule has 0 saturated heterocycles. The van der Waals surface area contributed by atoms with Crippen LogP contribution in [-0.2, 0) is 0 Å². The molecule has 0 aliphatic rings. The van der Waals surface area contributed by atoms with E-state index in [2.05, 4.69) is 76.3 Å². The van der Waals surface area contributed by atoms with Crippen molar-refractivity contribution in [3.05, 3.63) is 0 Å². The maximum Gasteiger partial charge on any atom is 0.125 e. The Balaban J connectivity index is 4.78. The van der Waals surface area contributed by atoms with Crippen LogP contribution in [0.25, 0.3) is 0 Å². The highest BCUT2D eigenvalue weighted by molar-refractivity contribution is 14.1. The van der Waals surface area contributed by atoms with Crippen molar-refractivity contribution >= 4 is 60.4 Å². The van der Waals surface area contributed by atoms with E-state index in [9.17, 15) is 0 Å². The summed E-state index contributed by atoms with van der Waals surface area (Å²) in [5.41, 5.74) is 3.51. The van der Waals surface area contributed by atoms with E-state index in [1.807, 2.05) is 6.92 Å². The maximum absolute atomic E-state index is 3.51. The lowest BCUT2D eigenvalue weighted by Crippen LogP contribution is -2.60. The van der Waals surface area contributed by atoms with Crippen molar-refractivity contribution in [1.82, 2.24) is 0 Å². The Kier molecular flexibility index (Phi) is 6.01. The second kappa shape index (κ2) is 5.36. The fraction of sp³-hybridized carbons (Fsp3) is 0.750. The molecule has 0 amide bonds. The third-order valence-electron chi connectivity index (χ3n) is 2.54. The van der Waals surface area contributed by atoms with Crippen LogP contribution in [0.3, 0.4) is 0 Å². The molecule has 0 rings (SSSR count). The van der Waals surface area contributed by atoms with Gasteiger partial charge in [-0.25, -0.2) is 0 Å².